The van der Waals surface area contributed by atoms with Crippen LogP contribution >= 0.6 is 0 Å². The standard InChI is InChI=1S/C5H6F2N4O3S/c6-3-9-4(7)11-5(10-3)8-1-2-15(12,13)14/h1-2H2,(H,12,13,14)(H,8,9,10,11). The Morgan fingerprint density at radius 3 is 2.20 bits per heavy atom. The lowest BCUT2D eigenvalue weighted by Crippen LogP contribution is -2.17. The van der Waals surface area contributed by atoms with Gasteiger partial charge in [0.25, 0.3) is 10.1 Å². The summed E-state index contributed by atoms with van der Waals surface area (Å²) in [6.07, 6.45) is -2.64. The molecule has 7 nitrogen and oxygen atoms in total. The summed E-state index contributed by atoms with van der Waals surface area (Å²) < 4.78 is 53.6. The first-order chi connectivity index (χ1) is 6.87. The minimum atomic E-state index is -4.14. The van der Waals surface area contributed by atoms with Crippen LogP contribution in [0.1, 0.15) is 0 Å². The zero-order chi connectivity index (χ0) is 11.5. The second kappa shape index (κ2) is 4.40. The average molecular weight is 240 g/mol. The van der Waals surface area contributed by atoms with Gasteiger partial charge in [0, 0.05) is 6.54 Å². The second-order valence-corrected chi connectivity index (χ2v) is 3.98. The summed E-state index contributed by atoms with van der Waals surface area (Å²) in [6, 6.07) is 0. The second-order valence-electron chi connectivity index (χ2n) is 2.41. The van der Waals surface area contributed by atoms with Gasteiger partial charge >= 0.3 is 12.2 Å². The highest BCUT2D eigenvalue weighted by Crippen LogP contribution is 1.98. The SMILES string of the molecule is O=S(=O)(O)CCNc1nc(F)nc(F)n1. The number of nitrogens with zero attached hydrogens (tertiary/aromatic N) is 3. The number of anilines is 1. The van der Waals surface area contributed by atoms with E-state index in [0.29, 0.717) is 0 Å². The lowest BCUT2D eigenvalue weighted by atomic mass is 10.7. The fourth-order valence-electron chi connectivity index (χ4n) is 0.697. The molecule has 0 aliphatic carbocycles. The predicted octanol–water partition coefficient (Wildman–Crippen LogP) is -0.551. The molecule has 0 aliphatic heterocycles. The highest BCUT2D eigenvalue weighted by atomic mass is 32.2. The normalized spacial score (nSPS) is 11.4. The Hall–Kier alpha value is -1.42. The van der Waals surface area contributed by atoms with Crippen LogP contribution < -0.4 is 5.32 Å². The third kappa shape index (κ3) is 4.56. The molecule has 1 heterocycles. The minimum absolute atomic E-state index is 0.276. The molecule has 0 aromatic carbocycles. The van der Waals surface area contributed by atoms with Crippen molar-refractivity contribution in [1.29, 1.82) is 0 Å². The molecule has 2 N–H and O–H groups in total. The van der Waals surface area contributed by atoms with Gasteiger partial charge in [-0.2, -0.15) is 32.2 Å². The zero-order valence-corrected chi connectivity index (χ0v) is 8.00. The lowest BCUT2D eigenvalue weighted by molar-refractivity contribution is 0.457. The molecule has 0 aliphatic rings. The van der Waals surface area contributed by atoms with Crippen molar-refractivity contribution < 1.29 is 21.8 Å². The molecule has 0 spiro atoms. The van der Waals surface area contributed by atoms with E-state index in [9.17, 15) is 17.2 Å². The van der Waals surface area contributed by atoms with Crippen molar-refractivity contribution in [2.75, 3.05) is 17.6 Å². The Balaban J connectivity index is 2.58. The molecule has 0 bridgehead atoms. The van der Waals surface area contributed by atoms with Crippen LogP contribution in [0.25, 0.3) is 0 Å². The van der Waals surface area contributed by atoms with E-state index in [1.807, 2.05) is 0 Å². The van der Waals surface area contributed by atoms with Crippen LogP contribution in [0, 0.1) is 12.2 Å². The van der Waals surface area contributed by atoms with Gasteiger partial charge < -0.3 is 5.32 Å². The highest BCUT2D eigenvalue weighted by molar-refractivity contribution is 7.85. The topological polar surface area (TPSA) is 105 Å². The average Bonchev–Trinajstić information content (AvgIpc) is 1.99. The Morgan fingerprint density at radius 2 is 1.73 bits per heavy atom. The molecule has 0 amide bonds. The Labute approximate surface area is 83.3 Å². The summed E-state index contributed by atoms with van der Waals surface area (Å²) in [5.41, 5.74) is 0. The number of hydrogen-bond donors (Lipinski definition) is 2. The van der Waals surface area contributed by atoms with Gasteiger partial charge in [-0.15, -0.1) is 0 Å². The van der Waals surface area contributed by atoms with E-state index in [0.717, 1.165) is 0 Å². The molecule has 0 atom stereocenters. The predicted molar refractivity (Wildman–Crippen MR) is 44.6 cm³/mol. The van der Waals surface area contributed by atoms with Crippen LogP contribution in [-0.4, -0.2) is 40.2 Å². The van der Waals surface area contributed by atoms with Crippen molar-refractivity contribution in [1.82, 2.24) is 15.0 Å². The van der Waals surface area contributed by atoms with Gasteiger partial charge in [-0.25, -0.2) is 0 Å². The van der Waals surface area contributed by atoms with Gasteiger partial charge in [0.1, 0.15) is 0 Å². The third-order valence-corrected chi connectivity index (χ3v) is 1.94. The molecule has 15 heavy (non-hydrogen) atoms. The van der Waals surface area contributed by atoms with Gasteiger partial charge in [-0.05, 0) is 0 Å². The molecule has 0 fully saturated rings. The molecule has 10 heteroatoms. The minimum Gasteiger partial charge on any atom is -0.353 e. The van der Waals surface area contributed by atoms with E-state index < -0.39 is 34.0 Å². The van der Waals surface area contributed by atoms with Crippen molar-refractivity contribution in [2.24, 2.45) is 0 Å². The maximum Gasteiger partial charge on any atom is 0.315 e. The van der Waals surface area contributed by atoms with Crippen LogP contribution in [0.5, 0.6) is 0 Å². The van der Waals surface area contributed by atoms with Gasteiger partial charge in [-0.3, -0.25) is 4.55 Å². The van der Waals surface area contributed by atoms with Crippen molar-refractivity contribution in [3.8, 4) is 0 Å². The van der Waals surface area contributed by atoms with E-state index in [4.69, 9.17) is 4.55 Å². The van der Waals surface area contributed by atoms with Crippen LogP contribution in [0.4, 0.5) is 14.7 Å². The quantitative estimate of drug-likeness (QED) is 0.680. The maximum atomic E-state index is 12.4. The molecule has 0 saturated carbocycles. The fraction of sp³-hybridized carbons (Fsp3) is 0.400. The molecule has 84 valence electrons. The Kier molecular flexibility index (Phi) is 3.42. The summed E-state index contributed by atoms with van der Waals surface area (Å²) in [7, 11) is -4.14. The Morgan fingerprint density at radius 1 is 1.20 bits per heavy atom. The summed E-state index contributed by atoms with van der Waals surface area (Å²) in [6.45, 7) is -0.276. The summed E-state index contributed by atoms with van der Waals surface area (Å²) >= 11 is 0. The van der Waals surface area contributed by atoms with E-state index in [2.05, 4.69) is 20.3 Å². The van der Waals surface area contributed by atoms with Gasteiger partial charge in [-0.1, -0.05) is 0 Å². The number of halogens is 2. The first-order valence-electron chi connectivity index (χ1n) is 3.63. The molecule has 0 saturated heterocycles. The van der Waals surface area contributed by atoms with Crippen LogP contribution in [0.3, 0.4) is 0 Å². The van der Waals surface area contributed by atoms with E-state index >= 15 is 0 Å². The number of rotatable bonds is 4. The molecule has 1 aromatic heterocycles. The van der Waals surface area contributed by atoms with Crippen molar-refractivity contribution in [3.05, 3.63) is 12.2 Å². The molecule has 0 radical (unpaired) electrons. The van der Waals surface area contributed by atoms with Crippen LogP contribution in [-0.2, 0) is 10.1 Å². The smallest absolute Gasteiger partial charge is 0.315 e. The first-order valence-corrected chi connectivity index (χ1v) is 5.24. The molecule has 0 unspecified atom stereocenters. The molecule has 1 aromatic rings. The van der Waals surface area contributed by atoms with E-state index in [1.165, 1.54) is 0 Å². The largest absolute Gasteiger partial charge is 0.353 e. The number of hydrogen-bond acceptors (Lipinski definition) is 6. The molecular weight excluding hydrogens is 234 g/mol. The van der Waals surface area contributed by atoms with E-state index in [-0.39, 0.29) is 6.54 Å². The van der Waals surface area contributed by atoms with Gasteiger partial charge in [0.2, 0.25) is 5.95 Å². The van der Waals surface area contributed by atoms with Gasteiger partial charge in [0.05, 0.1) is 5.75 Å². The van der Waals surface area contributed by atoms with Crippen molar-refractivity contribution >= 4 is 16.1 Å². The van der Waals surface area contributed by atoms with Crippen LogP contribution in [0.2, 0.25) is 0 Å². The van der Waals surface area contributed by atoms with Crippen LogP contribution in [0.15, 0.2) is 0 Å². The Bertz CT molecular complexity index is 431. The summed E-state index contributed by atoms with van der Waals surface area (Å²) in [4.78, 5) is 8.70. The van der Waals surface area contributed by atoms with Crippen molar-refractivity contribution in [3.63, 3.8) is 0 Å². The summed E-state index contributed by atoms with van der Waals surface area (Å²) in [5.74, 6) is -1.06. The highest BCUT2D eigenvalue weighted by Gasteiger charge is 2.07. The lowest BCUT2D eigenvalue weighted by Gasteiger charge is -2.01. The zero-order valence-electron chi connectivity index (χ0n) is 7.18. The monoisotopic (exact) mass is 240 g/mol. The molecule has 1 rings (SSSR count). The van der Waals surface area contributed by atoms with Crippen molar-refractivity contribution in [2.45, 2.75) is 0 Å². The maximum absolute atomic E-state index is 12.4. The van der Waals surface area contributed by atoms with Gasteiger partial charge in [0.15, 0.2) is 0 Å². The summed E-state index contributed by atoms with van der Waals surface area (Å²) in [5, 5.41) is 2.20. The third-order valence-electron chi connectivity index (χ3n) is 1.22. The number of aromatic nitrogens is 3. The number of nitrogens with one attached hydrogen (secondary N) is 1. The fourth-order valence-corrected chi connectivity index (χ4v) is 1.06. The first kappa shape index (κ1) is 11.7. The van der Waals surface area contributed by atoms with E-state index in [1.54, 1.807) is 0 Å². The molecular formula is C5H6F2N4O3S.